The topological polar surface area (TPSA) is 76.1 Å². The molecule has 0 atom stereocenters. The Kier molecular flexibility index (Phi) is 7.55. The van der Waals surface area contributed by atoms with E-state index in [9.17, 15) is 9.59 Å². The molecule has 1 amide bonds. The fourth-order valence-corrected chi connectivity index (χ4v) is 2.28. The SMILES string of the molecule is COc1cc(C(=O)N(CCC(=O)O)CC(C)C)ccc1OC(C)C. The van der Waals surface area contributed by atoms with E-state index in [0.29, 0.717) is 23.6 Å². The van der Waals surface area contributed by atoms with Crippen LogP contribution in [0, 0.1) is 5.92 Å². The van der Waals surface area contributed by atoms with E-state index in [1.54, 1.807) is 23.1 Å². The molecule has 0 aliphatic heterocycles. The van der Waals surface area contributed by atoms with Crippen LogP contribution in [0.15, 0.2) is 18.2 Å². The molecule has 1 aromatic carbocycles. The Morgan fingerprint density at radius 1 is 1.17 bits per heavy atom. The number of benzene rings is 1. The van der Waals surface area contributed by atoms with Crippen molar-refractivity contribution in [2.75, 3.05) is 20.2 Å². The van der Waals surface area contributed by atoms with Crippen LogP contribution in [0.3, 0.4) is 0 Å². The Morgan fingerprint density at radius 3 is 2.33 bits per heavy atom. The van der Waals surface area contributed by atoms with Gasteiger partial charge in [-0.05, 0) is 38.0 Å². The highest BCUT2D eigenvalue weighted by Crippen LogP contribution is 2.29. The molecule has 0 unspecified atom stereocenters. The van der Waals surface area contributed by atoms with Gasteiger partial charge in [-0.1, -0.05) is 13.8 Å². The Bertz CT molecular complexity index is 569. The number of nitrogens with zero attached hydrogens (tertiary/aromatic N) is 1. The molecule has 0 spiro atoms. The maximum Gasteiger partial charge on any atom is 0.305 e. The number of carboxylic acid groups (broad SMARTS) is 1. The lowest BCUT2D eigenvalue weighted by atomic mass is 10.1. The minimum Gasteiger partial charge on any atom is -0.493 e. The summed E-state index contributed by atoms with van der Waals surface area (Å²) in [6.45, 7) is 8.48. The van der Waals surface area contributed by atoms with Crippen LogP contribution in [0.2, 0.25) is 0 Å². The van der Waals surface area contributed by atoms with Crippen LogP contribution in [0.5, 0.6) is 11.5 Å². The molecule has 0 aliphatic carbocycles. The first-order valence-electron chi connectivity index (χ1n) is 8.10. The maximum atomic E-state index is 12.7. The van der Waals surface area contributed by atoms with E-state index in [0.717, 1.165) is 0 Å². The zero-order valence-electron chi connectivity index (χ0n) is 15.0. The lowest BCUT2D eigenvalue weighted by Crippen LogP contribution is -2.36. The highest BCUT2D eigenvalue weighted by molar-refractivity contribution is 5.95. The second kappa shape index (κ2) is 9.15. The first-order valence-corrected chi connectivity index (χ1v) is 8.10. The molecular formula is C18H27NO5. The average Bonchev–Trinajstić information content (AvgIpc) is 2.50. The van der Waals surface area contributed by atoms with Crippen LogP contribution in [-0.4, -0.2) is 48.2 Å². The van der Waals surface area contributed by atoms with E-state index in [1.807, 2.05) is 27.7 Å². The van der Waals surface area contributed by atoms with Gasteiger partial charge in [0.25, 0.3) is 5.91 Å². The Morgan fingerprint density at radius 2 is 1.83 bits per heavy atom. The van der Waals surface area contributed by atoms with Gasteiger partial charge in [0.2, 0.25) is 0 Å². The predicted octanol–water partition coefficient (Wildman–Crippen LogP) is 3.06. The molecule has 6 heteroatoms. The molecule has 1 rings (SSSR count). The number of amides is 1. The van der Waals surface area contributed by atoms with Gasteiger partial charge in [-0.15, -0.1) is 0 Å². The molecular weight excluding hydrogens is 310 g/mol. The Balaban J connectivity index is 3.02. The van der Waals surface area contributed by atoms with Crippen LogP contribution >= 0.6 is 0 Å². The summed E-state index contributed by atoms with van der Waals surface area (Å²) in [4.78, 5) is 25.1. The van der Waals surface area contributed by atoms with Crippen molar-refractivity contribution in [3.63, 3.8) is 0 Å². The van der Waals surface area contributed by atoms with Gasteiger partial charge in [-0.3, -0.25) is 9.59 Å². The fourth-order valence-electron chi connectivity index (χ4n) is 2.28. The highest BCUT2D eigenvalue weighted by atomic mass is 16.5. The third-order valence-corrected chi connectivity index (χ3v) is 3.24. The summed E-state index contributed by atoms with van der Waals surface area (Å²) < 4.78 is 11.0. The summed E-state index contributed by atoms with van der Waals surface area (Å²) in [6.07, 6.45) is -0.0853. The van der Waals surface area contributed by atoms with Gasteiger partial charge in [0.1, 0.15) is 0 Å². The maximum absolute atomic E-state index is 12.7. The van der Waals surface area contributed by atoms with Crippen LogP contribution in [0.25, 0.3) is 0 Å². The molecule has 0 bridgehead atoms. The molecule has 0 aliphatic rings. The number of methoxy groups -OCH3 is 1. The monoisotopic (exact) mass is 337 g/mol. The number of carbonyl (C=O) groups excluding carboxylic acids is 1. The number of rotatable bonds is 9. The predicted molar refractivity (Wildman–Crippen MR) is 91.8 cm³/mol. The Hall–Kier alpha value is -2.24. The molecule has 1 aromatic rings. The van der Waals surface area contributed by atoms with Gasteiger partial charge in [-0.25, -0.2) is 0 Å². The highest BCUT2D eigenvalue weighted by Gasteiger charge is 2.20. The molecule has 0 heterocycles. The molecule has 1 N–H and O–H groups in total. The van der Waals surface area contributed by atoms with Crippen molar-refractivity contribution >= 4 is 11.9 Å². The van der Waals surface area contributed by atoms with Gasteiger partial charge in [0.15, 0.2) is 11.5 Å². The van der Waals surface area contributed by atoms with Crippen molar-refractivity contribution in [1.82, 2.24) is 4.90 Å². The normalized spacial score (nSPS) is 10.8. The first-order chi connectivity index (χ1) is 11.2. The molecule has 0 fully saturated rings. The first kappa shape index (κ1) is 19.8. The average molecular weight is 337 g/mol. The summed E-state index contributed by atoms with van der Waals surface area (Å²) in [5.41, 5.74) is 0.453. The van der Waals surface area contributed by atoms with Crippen LogP contribution in [-0.2, 0) is 4.79 Å². The van der Waals surface area contributed by atoms with Crippen molar-refractivity contribution in [3.05, 3.63) is 23.8 Å². The minimum atomic E-state index is -0.921. The van der Waals surface area contributed by atoms with Crippen molar-refractivity contribution < 1.29 is 24.2 Å². The summed E-state index contributed by atoms with van der Waals surface area (Å²) >= 11 is 0. The summed E-state index contributed by atoms with van der Waals surface area (Å²) in [7, 11) is 1.52. The zero-order chi connectivity index (χ0) is 18.3. The molecule has 0 saturated carbocycles. The standard InChI is InChI=1S/C18H27NO5/c1-12(2)11-19(9-8-17(20)21)18(22)14-6-7-15(24-13(3)4)16(10-14)23-5/h6-7,10,12-13H,8-9,11H2,1-5H3,(H,20,21). The van der Waals surface area contributed by atoms with Gasteiger partial charge in [-0.2, -0.15) is 0 Å². The largest absolute Gasteiger partial charge is 0.493 e. The smallest absolute Gasteiger partial charge is 0.305 e. The summed E-state index contributed by atoms with van der Waals surface area (Å²) in [5, 5.41) is 8.88. The number of carbonyl (C=O) groups is 2. The van der Waals surface area contributed by atoms with E-state index in [1.165, 1.54) is 7.11 Å². The second-order valence-corrected chi connectivity index (χ2v) is 6.32. The zero-order valence-corrected chi connectivity index (χ0v) is 15.0. The molecule has 0 aromatic heterocycles. The van der Waals surface area contributed by atoms with E-state index in [4.69, 9.17) is 14.6 Å². The van der Waals surface area contributed by atoms with E-state index in [-0.39, 0.29) is 30.9 Å². The molecule has 134 valence electrons. The molecule has 24 heavy (non-hydrogen) atoms. The van der Waals surface area contributed by atoms with E-state index < -0.39 is 5.97 Å². The lowest BCUT2D eigenvalue weighted by Gasteiger charge is -2.24. The van der Waals surface area contributed by atoms with Crippen molar-refractivity contribution in [1.29, 1.82) is 0 Å². The van der Waals surface area contributed by atoms with Gasteiger partial charge >= 0.3 is 5.97 Å². The Labute approximate surface area is 143 Å². The molecule has 0 saturated heterocycles. The number of aliphatic carboxylic acids is 1. The van der Waals surface area contributed by atoms with Crippen LogP contribution < -0.4 is 9.47 Å². The van der Waals surface area contributed by atoms with Crippen molar-refractivity contribution in [2.45, 2.75) is 40.2 Å². The number of hydrogen-bond acceptors (Lipinski definition) is 4. The lowest BCUT2D eigenvalue weighted by molar-refractivity contribution is -0.137. The second-order valence-electron chi connectivity index (χ2n) is 6.32. The van der Waals surface area contributed by atoms with Crippen LogP contribution in [0.1, 0.15) is 44.5 Å². The minimum absolute atomic E-state index is 0.00606. The molecule has 0 radical (unpaired) electrons. The van der Waals surface area contributed by atoms with Crippen LogP contribution in [0.4, 0.5) is 0 Å². The number of ether oxygens (including phenoxy) is 2. The summed E-state index contributed by atoms with van der Waals surface area (Å²) in [6, 6.07) is 5.02. The third-order valence-electron chi connectivity index (χ3n) is 3.24. The summed E-state index contributed by atoms with van der Waals surface area (Å²) in [5.74, 6) is 0.171. The number of hydrogen-bond donors (Lipinski definition) is 1. The quantitative estimate of drug-likeness (QED) is 0.749. The van der Waals surface area contributed by atoms with Crippen molar-refractivity contribution in [2.24, 2.45) is 5.92 Å². The van der Waals surface area contributed by atoms with Crippen molar-refractivity contribution in [3.8, 4) is 11.5 Å². The van der Waals surface area contributed by atoms with Gasteiger partial charge in [0, 0.05) is 18.7 Å². The number of carboxylic acids is 1. The fraction of sp³-hybridized carbons (Fsp3) is 0.556. The van der Waals surface area contributed by atoms with Gasteiger partial charge in [0.05, 0.1) is 19.6 Å². The third kappa shape index (κ3) is 6.10. The van der Waals surface area contributed by atoms with E-state index >= 15 is 0 Å². The van der Waals surface area contributed by atoms with E-state index in [2.05, 4.69) is 0 Å². The molecule has 6 nitrogen and oxygen atoms in total. The van der Waals surface area contributed by atoms with Gasteiger partial charge < -0.3 is 19.5 Å².